The van der Waals surface area contributed by atoms with E-state index in [-0.39, 0.29) is 6.04 Å². The summed E-state index contributed by atoms with van der Waals surface area (Å²) < 4.78 is 0. The van der Waals surface area contributed by atoms with Gasteiger partial charge in [-0.05, 0) is 6.42 Å². The largest absolute Gasteiger partial charge is 0.465 e. The van der Waals surface area contributed by atoms with Gasteiger partial charge in [-0.2, -0.15) is 0 Å². The van der Waals surface area contributed by atoms with Crippen LogP contribution in [0.25, 0.3) is 0 Å². The van der Waals surface area contributed by atoms with Crippen LogP contribution in [-0.2, 0) is 0 Å². The van der Waals surface area contributed by atoms with E-state index < -0.39 is 6.09 Å². The highest BCUT2D eigenvalue weighted by Crippen LogP contribution is 2.12. The molecular formula is C8H12N4O2. The van der Waals surface area contributed by atoms with Crippen molar-refractivity contribution >= 4 is 6.09 Å². The normalized spacial score (nSPS) is 12.1. The van der Waals surface area contributed by atoms with Gasteiger partial charge in [-0.1, -0.05) is 13.3 Å². The Kier molecular flexibility index (Phi) is 3.78. The van der Waals surface area contributed by atoms with Crippen LogP contribution in [0.3, 0.4) is 0 Å². The maximum atomic E-state index is 10.5. The van der Waals surface area contributed by atoms with E-state index in [2.05, 4.69) is 20.3 Å². The maximum Gasteiger partial charge on any atom is 0.405 e. The number of carboxylic acid groups (broad SMARTS) is 1. The summed E-state index contributed by atoms with van der Waals surface area (Å²) in [5.74, 6) is 0.462. The molecule has 0 aliphatic rings. The van der Waals surface area contributed by atoms with Crippen LogP contribution in [0, 0.1) is 0 Å². The zero-order valence-corrected chi connectivity index (χ0v) is 7.84. The number of rotatable bonds is 4. The fourth-order valence-corrected chi connectivity index (χ4v) is 1.13. The lowest BCUT2D eigenvalue weighted by atomic mass is 10.1. The summed E-state index contributed by atoms with van der Waals surface area (Å²) in [6.45, 7) is 1.97. The van der Waals surface area contributed by atoms with Gasteiger partial charge >= 0.3 is 6.09 Å². The standard InChI is InChI=1S/C8H12N4O2/c1-2-3-6(12-8(13)14)7-10-4-9-5-11-7/h4-6,12H,2-3H2,1H3,(H,13,14). The molecule has 2 N–H and O–H groups in total. The summed E-state index contributed by atoms with van der Waals surface area (Å²) in [5.41, 5.74) is 0. The zero-order chi connectivity index (χ0) is 10.4. The van der Waals surface area contributed by atoms with Crippen molar-refractivity contribution < 1.29 is 9.90 Å². The van der Waals surface area contributed by atoms with Crippen LogP contribution >= 0.6 is 0 Å². The second-order valence-electron chi connectivity index (χ2n) is 2.79. The van der Waals surface area contributed by atoms with Gasteiger partial charge in [0.2, 0.25) is 0 Å². The second kappa shape index (κ2) is 5.11. The van der Waals surface area contributed by atoms with Gasteiger partial charge in [-0.15, -0.1) is 0 Å². The highest BCUT2D eigenvalue weighted by molar-refractivity contribution is 5.64. The minimum absolute atomic E-state index is 0.347. The molecule has 1 aromatic rings. The first-order chi connectivity index (χ1) is 6.74. The molecule has 14 heavy (non-hydrogen) atoms. The van der Waals surface area contributed by atoms with Gasteiger partial charge in [-0.3, -0.25) is 0 Å². The molecule has 1 atom stereocenters. The summed E-state index contributed by atoms with van der Waals surface area (Å²) in [4.78, 5) is 22.0. The van der Waals surface area contributed by atoms with Crippen molar-refractivity contribution in [2.75, 3.05) is 0 Å². The highest BCUT2D eigenvalue weighted by Gasteiger charge is 2.14. The van der Waals surface area contributed by atoms with Crippen LogP contribution < -0.4 is 5.32 Å². The van der Waals surface area contributed by atoms with Crippen LogP contribution in [0.15, 0.2) is 12.7 Å². The van der Waals surface area contributed by atoms with E-state index >= 15 is 0 Å². The summed E-state index contributed by atoms with van der Waals surface area (Å²) in [6, 6.07) is -0.347. The Morgan fingerprint density at radius 3 is 2.71 bits per heavy atom. The third kappa shape index (κ3) is 2.96. The minimum Gasteiger partial charge on any atom is -0.465 e. The molecule has 0 bridgehead atoms. The van der Waals surface area contributed by atoms with Crippen molar-refractivity contribution in [3.05, 3.63) is 18.5 Å². The van der Waals surface area contributed by atoms with Gasteiger partial charge in [0.15, 0.2) is 5.82 Å². The zero-order valence-electron chi connectivity index (χ0n) is 7.84. The average molecular weight is 196 g/mol. The van der Waals surface area contributed by atoms with Crippen LogP contribution in [0.4, 0.5) is 4.79 Å². The Labute approximate surface area is 81.4 Å². The van der Waals surface area contributed by atoms with E-state index in [0.29, 0.717) is 12.2 Å². The van der Waals surface area contributed by atoms with E-state index in [1.54, 1.807) is 0 Å². The SMILES string of the molecule is CCCC(NC(=O)O)c1ncncn1. The molecule has 0 saturated carbocycles. The Morgan fingerprint density at radius 1 is 1.57 bits per heavy atom. The first-order valence-electron chi connectivity index (χ1n) is 4.35. The Bertz CT molecular complexity index is 291. The van der Waals surface area contributed by atoms with E-state index in [0.717, 1.165) is 6.42 Å². The van der Waals surface area contributed by atoms with Gasteiger partial charge in [0.25, 0.3) is 0 Å². The molecule has 0 saturated heterocycles. The number of nitrogens with zero attached hydrogens (tertiary/aromatic N) is 3. The molecule has 6 heteroatoms. The molecule has 0 spiro atoms. The number of hydrogen-bond donors (Lipinski definition) is 2. The lowest BCUT2D eigenvalue weighted by Gasteiger charge is -2.13. The van der Waals surface area contributed by atoms with E-state index in [9.17, 15) is 4.79 Å². The molecule has 76 valence electrons. The predicted octanol–water partition coefficient (Wildman–Crippen LogP) is 0.980. The first-order valence-corrected chi connectivity index (χ1v) is 4.35. The molecule has 0 aromatic carbocycles. The predicted molar refractivity (Wildman–Crippen MR) is 48.6 cm³/mol. The molecular weight excluding hydrogens is 184 g/mol. The summed E-state index contributed by atoms with van der Waals surface area (Å²) in [6.07, 6.45) is 3.18. The first kappa shape index (κ1) is 10.4. The van der Waals surface area contributed by atoms with Crippen molar-refractivity contribution in [3.63, 3.8) is 0 Å². The Balaban J connectivity index is 2.72. The number of aromatic nitrogens is 3. The molecule has 6 nitrogen and oxygen atoms in total. The van der Waals surface area contributed by atoms with Crippen LogP contribution in [-0.4, -0.2) is 26.2 Å². The van der Waals surface area contributed by atoms with E-state index in [4.69, 9.17) is 5.11 Å². The fourth-order valence-electron chi connectivity index (χ4n) is 1.13. The molecule has 1 unspecified atom stereocenters. The Hall–Kier alpha value is -1.72. The van der Waals surface area contributed by atoms with Crippen molar-refractivity contribution in [2.24, 2.45) is 0 Å². The number of carbonyl (C=O) groups is 1. The quantitative estimate of drug-likeness (QED) is 0.749. The summed E-state index contributed by atoms with van der Waals surface area (Å²) >= 11 is 0. The third-order valence-electron chi connectivity index (χ3n) is 1.70. The summed E-state index contributed by atoms with van der Waals surface area (Å²) in [5, 5.41) is 11.0. The lowest BCUT2D eigenvalue weighted by molar-refractivity contribution is 0.188. The lowest BCUT2D eigenvalue weighted by Crippen LogP contribution is -2.28. The molecule has 0 radical (unpaired) electrons. The minimum atomic E-state index is -1.07. The third-order valence-corrected chi connectivity index (χ3v) is 1.70. The monoisotopic (exact) mass is 196 g/mol. The van der Waals surface area contributed by atoms with Crippen molar-refractivity contribution in [3.8, 4) is 0 Å². The molecule has 0 aliphatic heterocycles. The van der Waals surface area contributed by atoms with Gasteiger partial charge < -0.3 is 10.4 Å². The molecule has 1 amide bonds. The van der Waals surface area contributed by atoms with Crippen LogP contribution in [0.1, 0.15) is 31.6 Å². The van der Waals surface area contributed by atoms with E-state index in [1.165, 1.54) is 12.7 Å². The van der Waals surface area contributed by atoms with Crippen molar-refractivity contribution in [2.45, 2.75) is 25.8 Å². The molecule has 0 aliphatic carbocycles. The smallest absolute Gasteiger partial charge is 0.405 e. The maximum absolute atomic E-state index is 10.5. The topological polar surface area (TPSA) is 88.0 Å². The van der Waals surface area contributed by atoms with Crippen LogP contribution in [0.5, 0.6) is 0 Å². The number of hydrogen-bond acceptors (Lipinski definition) is 4. The van der Waals surface area contributed by atoms with Crippen molar-refractivity contribution in [1.29, 1.82) is 0 Å². The highest BCUT2D eigenvalue weighted by atomic mass is 16.4. The average Bonchev–Trinajstić information content (AvgIpc) is 2.18. The van der Waals surface area contributed by atoms with Gasteiger partial charge in [-0.25, -0.2) is 19.7 Å². The Morgan fingerprint density at radius 2 is 2.21 bits per heavy atom. The number of amides is 1. The number of nitrogens with one attached hydrogen (secondary N) is 1. The van der Waals surface area contributed by atoms with E-state index in [1.807, 2.05) is 6.92 Å². The molecule has 0 fully saturated rings. The second-order valence-corrected chi connectivity index (χ2v) is 2.79. The fraction of sp³-hybridized carbons (Fsp3) is 0.500. The molecule has 1 heterocycles. The van der Waals surface area contributed by atoms with Gasteiger partial charge in [0.05, 0.1) is 6.04 Å². The van der Waals surface area contributed by atoms with Crippen molar-refractivity contribution in [1.82, 2.24) is 20.3 Å². The van der Waals surface area contributed by atoms with Gasteiger partial charge in [0.1, 0.15) is 12.7 Å². The van der Waals surface area contributed by atoms with Crippen LogP contribution in [0.2, 0.25) is 0 Å². The summed E-state index contributed by atoms with van der Waals surface area (Å²) in [7, 11) is 0. The molecule has 1 aromatic heterocycles. The molecule has 1 rings (SSSR count). The van der Waals surface area contributed by atoms with Gasteiger partial charge in [0, 0.05) is 0 Å².